The maximum atomic E-state index is 13.5. The van der Waals surface area contributed by atoms with Crippen molar-refractivity contribution in [1.82, 2.24) is 4.90 Å². The summed E-state index contributed by atoms with van der Waals surface area (Å²) in [5.74, 6) is -0.433. The standard InChI is InChI=1S/C24H16N2O2S3/c27-22(15-25-23(28)21(31-24(25)29)14-16-8-2-1-3-9-16)26-17-10-4-6-12-19(17)30-20-13-7-5-11-18(20)26/h1-14H,15H2/b21-14-. The number of nitrogens with zero attached hydrogens (tertiary/aromatic N) is 2. The lowest BCUT2D eigenvalue weighted by molar-refractivity contribution is -0.127. The van der Waals surface area contributed by atoms with Crippen LogP contribution in [0.25, 0.3) is 6.08 Å². The minimum atomic E-state index is -0.236. The molecule has 2 aliphatic heterocycles. The molecule has 1 saturated heterocycles. The number of fused-ring (bicyclic) bond motifs is 2. The third-order valence-corrected chi connectivity index (χ3v) is 7.45. The van der Waals surface area contributed by atoms with Crippen molar-refractivity contribution in [3.8, 4) is 0 Å². The van der Waals surface area contributed by atoms with E-state index in [-0.39, 0.29) is 18.4 Å². The van der Waals surface area contributed by atoms with Gasteiger partial charge in [-0.25, -0.2) is 0 Å². The van der Waals surface area contributed by atoms with Crippen LogP contribution in [0.1, 0.15) is 5.56 Å². The van der Waals surface area contributed by atoms with Crippen LogP contribution < -0.4 is 4.90 Å². The number of thioether (sulfide) groups is 1. The molecule has 2 amide bonds. The largest absolute Gasteiger partial charge is 0.283 e. The quantitative estimate of drug-likeness (QED) is 0.369. The molecule has 7 heteroatoms. The summed E-state index contributed by atoms with van der Waals surface area (Å²) in [6, 6.07) is 25.2. The molecule has 0 unspecified atom stereocenters. The Morgan fingerprint density at radius 1 is 0.839 bits per heavy atom. The highest BCUT2D eigenvalue weighted by molar-refractivity contribution is 8.26. The van der Waals surface area contributed by atoms with Gasteiger partial charge in [0.1, 0.15) is 10.9 Å². The Balaban J connectivity index is 1.44. The lowest BCUT2D eigenvalue weighted by atomic mass is 10.2. The average molecular weight is 461 g/mol. The number of benzene rings is 3. The molecule has 0 N–H and O–H groups in total. The molecule has 3 aromatic rings. The average Bonchev–Trinajstić information content (AvgIpc) is 3.05. The van der Waals surface area contributed by atoms with Crippen LogP contribution in [0.5, 0.6) is 0 Å². The van der Waals surface area contributed by atoms with Crippen LogP contribution in [0.2, 0.25) is 0 Å². The molecule has 152 valence electrons. The van der Waals surface area contributed by atoms with E-state index in [4.69, 9.17) is 12.2 Å². The monoisotopic (exact) mass is 460 g/mol. The highest BCUT2D eigenvalue weighted by Crippen LogP contribution is 2.48. The second kappa shape index (κ2) is 8.34. The highest BCUT2D eigenvalue weighted by Gasteiger charge is 2.36. The number of carbonyl (C=O) groups is 2. The zero-order valence-corrected chi connectivity index (χ0v) is 18.7. The van der Waals surface area contributed by atoms with Gasteiger partial charge in [0.2, 0.25) is 0 Å². The number of amides is 2. The van der Waals surface area contributed by atoms with Gasteiger partial charge in [-0.1, -0.05) is 90.3 Å². The van der Waals surface area contributed by atoms with Crippen LogP contribution in [0, 0.1) is 0 Å². The Bertz CT molecular complexity index is 1190. The Hall–Kier alpha value is -2.87. The summed E-state index contributed by atoms with van der Waals surface area (Å²) in [5.41, 5.74) is 2.56. The van der Waals surface area contributed by atoms with Crippen molar-refractivity contribution in [2.24, 2.45) is 0 Å². The molecule has 31 heavy (non-hydrogen) atoms. The summed E-state index contributed by atoms with van der Waals surface area (Å²) in [5, 5.41) is 0. The predicted molar refractivity (Wildman–Crippen MR) is 130 cm³/mol. The van der Waals surface area contributed by atoms with E-state index in [1.165, 1.54) is 16.7 Å². The molecular formula is C24H16N2O2S3. The van der Waals surface area contributed by atoms with Crippen LogP contribution in [0.3, 0.4) is 0 Å². The summed E-state index contributed by atoms with van der Waals surface area (Å²) in [6.45, 7) is -0.107. The van der Waals surface area contributed by atoms with E-state index in [9.17, 15) is 9.59 Å². The van der Waals surface area contributed by atoms with E-state index in [2.05, 4.69) is 0 Å². The first-order valence-electron chi connectivity index (χ1n) is 9.61. The van der Waals surface area contributed by atoms with Gasteiger partial charge in [0.25, 0.3) is 11.8 Å². The SMILES string of the molecule is O=C1/C(=C/c2ccccc2)SC(=S)N1CC(=O)N1c2ccccc2Sc2ccccc21. The fourth-order valence-corrected chi connectivity index (χ4v) is 5.83. The summed E-state index contributed by atoms with van der Waals surface area (Å²) in [4.78, 5) is 32.1. The normalized spacial score (nSPS) is 16.5. The van der Waals surface area contributed by atoms with Crippen molar-refractivity contribution in [2.45, 2.75) is 9.79 Å². The summed E-state index contributed by atoms with van der Waals surface area (Å²) < 4.78 is 0.397. The van der Waals surface area contributed by atoms with Gasteiger partial charge in [-0.15, -0.1) is 0 Å². The molecule has 4 nitrogen and oxygen atoms in total. The van der Waals surface area contributed by atoms with Gasteiger partial charge >= 0.3 is 0 Å². The minimum absolute atomic E-state index is 0.107. The van der Waals surface area contributed by atoms with E-state index in [0.717, 1.165) is 26.7 Å². The van der Waals surface area contributed by atoms with Crippen LogP contribution in [-0.2, 0) is 9.59 Å². The van der Waals surface area contributed by atoms with E-state index >= 15 is 0 Å². The fourth-order valence-electron chi connectivity index (χ4n) is 3.52. The first-order valence-corrected chi connectivity index (χ1v) is 11.7. The molecular weight excluding hydrogens is 444 g/mol. The second-order valence-corrected chi connectivity index (χ2v) is 9.70. The van der Waals surface area contributed by atoms with Gasteiger partial charge in [0.05, 0.1) is 16.3 Å². The van der Waals surface area contributed by atoms with Crippen LogP contribution >= 0.6 is 35.7 Å². The van der Waals surface area contributed by atoms with Crippen LogP contribution in [-0.4, -0.2) is 27.6 Å². The highest BCUT2D eigenvalue weighted by atomic mass is 32.2. The number of rotatable bonds is 3. The third kappa shape index (κ3) is 3.80. The maximum absolute atomic E-state index is 13.5. The molecule has 0 radical (unpaired) electrons. The lowest BCUT2D eigenvalue weighted by Crippen LogP contribution is -2.41. The number of thiocarbonyl (C=S) groups is 1. The number of anilines is 2. The number of hydrogen-bond donors (Lipinski definition) is 0. The first-order chi connectivity index (χ1) is 15.1. The van der Waals surface area contributed by atoms with Gasteiger partial charge in [0.15, 0.2) is 0 Å². The van der Waals surface area contributed by atoms with E-state index in [1.807, 2.05) is 84.9 Å². The van der Waals surface area contributed by atoms with Gasteiger partial charge in [-0.05, 0) is 35.9 Å². The van der Waals surface area contributed by atoms with Crippen molar-refractivity contribution in [3.05, 3.63) is 89.3 Å². The van der Waals surface area contributed by atoms with Crippen molar-refractivity contribution >= 4 is 69.3 Å². The molecule has 1 fully saturated rings. The van der Waals surface area contributed by atoms with E-state index in [0.29, 0.717) is 9.23 Å². The Kier molecular flexibility index (Phi) is 5.40. The molecule has 0 bridgehead atoms. The molecule has 0 atom stereocenters. The van der Waals surface area contributed by atoms with Gasteiger partial charge in [-0.3, -0.25) is 19.4 Å². The fraction of sp³-hybridized carbons (Fsp3) is 0.0417. The Morgan fingerprint density at radius 2 is 1.42 bits per heavy atom. The van der Waals surface area contributed by atoms with Crippen molar-refractivity contribution < 1.29 is 9.59 Å². The molecule has 2 heterocycles. The van der Waals surface area contributed by atoms with Gasteiger partial charge in [0, 0.05) is 9.79 Å². The number of carbonyl (C=O) groups excluding carboxylic acids is 2. The summed E-state index contributed by atoms with van der Waals surface area (Å²) in [6.07, 6.45) is 1.81. The molecule has 2 aliphatic rings. The molecule has 0 saturated carbocycles. The van der Waals surface area contributed by atoms with Crippen molar-refractivity contribution in [2.75, 3.05) is 11.4 Å². The Morgan fingerprint density at radius 3 is 2.06 bits per heavy atom. The predicted octanol–water partition coefficient (Wildman–Crippen LogP) is 5.72. The van der Waals surface area contributed by atoms with Gasteiger partial charge in [-0.2, -0.15) is 0 Å². The number of para-hydroxylation sites is 2. The summed E-state index contributed by atoms with van der Waals surface area (Å²) in [7, 11) is 0. The van der Waals surface area contributed by atoms with E-state index < -0.39 is 0 Å². The van der Waals surface area contributed by atoms with E-state index in [1.54, 1.807) is 16.7 Å². The Labute approximate surface area is 193 Å². The molecule has 0 aromatic heterocycles. The van der Waals surface area contributed by atoms with Gasteiger partial charge < -0.3 is 0 Å². The molecule has 5 rings (SSSR count). The molecule has 0 spiro atoms. The minimum Gasteiger partial charge on any atom is -0.283 e. The van der Waals surface area contributed by atoms with Crippen molar-refractivity contribution in [3.63, 3.8) is 0 Å². The smallest absolute Gasteiger partial charge is 0.266 e. The molecule has 0 aliphatic carbocycles. The molecule has 3 aromatic carbocycles. The zero-order valence-electron chi connectivity index (χ0n) is 16.2. The number of hydrogen-bond acceptors (Lipinski definition) is 5. The maximum Gasteiger partial charge on any atom is 0.266 e. The topological polar surface area (TPSA) is 40.6 Å². The first kappa shape index (κ1) is 20.1. The lowest BCUT2D eigenvalue weighted by Gasteiger charge is -2.32. The second-order valence-electron chi connectivity index (χ2n) is 6.95. The zero-order chi connectivity index (χ0) is 21.4. The third-order valence-electron chi connectivity index (χ3n) is 4.95. The van der Waals surface area contributed by atoms with Crippen LogP contribution in [0.4, 0.5) is 11.4 Å². The summed E-state index contributed by atoms with van der Waals surface area (Å²) >= 11 is 8.30. The van der Waals surface area contributed by atoms with Crippen LogP contribution in [0.15, 0.2) is 93.6 Å². The van der Waals surface area contributed by atoms with Crippen molar-refractivity contribution in [1.29, 1.82) is 0 Å².